The molecule has 1 saturated heterocycles. The molecule has 1 fully saturated rings. The molecule has 0 aliphatic carbocycles. The van der Waals surface area contributed by atoms with E-state index in [1.54, 1.807) is 6.92 Å². The third-order valence-corrected chi connectivity index (χ3v) is 3.52. The fraction of sp³-hybridized carbons (Fsp3) is 0.538. The molecule has 1 aliphatic heterocycles. The number of rotatable bonds is 2. The van der Waals surface area contributed by atoms with Crippen LogP contribution in [0.1, 0.15) is 18.4 Å². The van der Waals surface area contributed by atoms with E-state index < -0.39 is 0 Å². The van der Waals surface area contributed by atoms with Gasteiger partial charge in [-0.1, -0.05) is 0 Å². The first-order chi connectivity index (χ1) is 8.11. The Kier molecular flexibility index (Phi) is 3.52. The number of aryl methyl sites for hydroxylation is 1. The largest absolute Gasteiger partial charge is 0.397 e. The van der Waals surface area contributed by atoms with Crippen LogP contribution in [0, 0.1) is 18.7 Å². The van der Waals surface area contributed by atoms with Crippen molar-refractivity contribution in [2.45, 2.75) is 19.8 Å². The van der Waals surface area contributed by atoms with Gasteiger partial charge in [-0.3, -0.25) is 0 Å². The van der Waals surface area contributed by atoms with Gasteiger partial charge in [0.25, 0.3) is 0 Å². The lowest BCUT2D eigenvalue weighted by atomic mass is 9.97. The highest BCUT2D eigenvalue weighted by atomic mass is 19.1. The van der Waals surface area contributed by atoms with E-state index in [2.05, 4.69) is 4.90 Å². The molecule has 0 bridgehead atoms. The molecule has 0 amide bonds. The Bertz CT molecular complexity index is 401. The van der Waals surface area contributed by atoms with E-state index in [1.807, 2.05) is 6.07 Å². The average molecular weight is 238 g/mol. The maximum Gasteiger partial charge on any atom is 0.128 e. The lowest BCUT2D eigenvalue weighted by Gasteiger charge is -2.33. The van der Waals surface area contributed by atoms with Gasteiger partial charge in [0.1, 0.15) is 5.82 Å². The first kappa shape index (κ1) is 12.2. The molecule has 17 heavy (non-hydrogen) atoms. The molecule has 3 nitrogen and oxygen atoms in total. The number of anilines is 2. The highest BCUT2D eigenvalue weighted by Gasteiger charge is 2.20. The van der Waals surface area contributed by atoms with Crippen LogP contribution in [0.25, 0.3) is 0 Å². The van der Waals surface area contributed by atoms with Crippen LogP contribution in [0.4, 0.5) is 15.8 Å². The highest BCUT2D eigenvalue weighted by Crippen LogP contribution is 2.30. The summed E-state index contributed by atoms with van der Waals surface area (Å²) in [5.41, 5.74) is 7.89. The molecule has 0 radical (unpaired) electrons. The van der Waals surface area contributed by atoms with Crippen LogP contribution >= 0.6 is 0 Å². The molecule has 1 aliphatic rings. The maximum atomic E-state index is 13.3. The predicted octanol–water partition coefficient (Wildman–Crippen LogP) is 1.93. The zero-order valence-corrected chi connectivity index (χ0v) is 10.1. The zero-order valence-electron chi connectivity index (χ0n) is 10.1. The van der Waals surface area contributed by atoms with Crippen LogP contribution in [0.3, 0.4) is 0 Å². The molecule has 0 aromatic heterocycles. The molecule has 94 valence electrons. The first-order valence-corrected chi connectivity index (χ1v) is 6.03. The first-order valence-electron chi connectivity index (χ1n) is 6.03. The second-order valence-corrected chi connectivity index (χ2v) is 4.77. The van der Waals surface area contributed by atoms with Gasteiger partial charge in [0, 0.05) is 19.7 Å². The van der Waals surface area contributed by atoms with Crippen LogP contribution in [-0.4, -0.2) is 24.8 Å². The molecule has 1 aromatic carbocycles. The summed E-state index contributed by atoms with van der Waals surface area (Å²) < 4.78 is 13.3. The van der Waals surface area contributed by atoms with Gasteiger partial charge >= 0.3 is 0 Å². The number of halogens is 1. The lowest BCUT2D eigenvalue weighted by molar-refractivity contribution is 0.203. The van der Waals surface area contributed by atoms with Crippen LogP contribution in [-0.2, 0) is 0 Å². The Labute approximate surface area is 101 Å². The van der Waals surface area contributed by atoms with Crippen LogP contribution in [0.5, 0.6) is 0 Å². The SMILES string of the molecule is Cc1cc(N2CCC(CO)CC2)c(N)cc1F. The van der Waals surface area contributed by atoms with Crippen molar-refractivity contribution in [3.05, 3.63) is 23.5 Å². The second-order valence-electron chi connectivity index (χ2n) is 4.77. The number of piperidine rings is 1. The average Bonchev–Trinajstić information content (AvgIpc) is 2.34. The fourth-order valence-electron chi connectivity index (χ4n) is 2.31. The van der Waals surface area contributed by atoms with E-state index in [1.165, 1.54) is 6.07 Å². The van der Waals surface area contributed by atoms with E-state index in [9.17, 15) is 4.39 Å². The van der Waals surface area contributed by atoms with E-state index in [0.29, 0.717) is 17.2 Å². The quantitative estimate of drug-likeness (QED) is 0.774. The van der Waals surface area contributed by atoms with Crippen molar-refractivity contribution in [2.24, 2.45) is 5.92 Å². The Balaban J connectivity index is 2.16. The molecular weight excluding hydrogens is 219 g/mol. The summed E-state index contributed by atoms with van der Waals surface area (Å²) in [6.45, 7) is 3.76. The van der Waals surface area contributed by atoms with Crippen molar-refractivity contribution in [3.8, 4) is 0 Å². The standard InChI is InChI=1S/C13H19FN2O/c1-9-6-13(12(15)7-11(9)14)16-4-2-10(8-17)3-5-16/h6-7,10,17H,2-5,8,15H2,1H3. The Morgan fingerprint density at radius 2 is 2.06 bits per heavy atom. The second kappa shape index (κ2) is 4.92. The van der Waals surface area contributed by atoms with Gasteiger partial charge in [0.15, 0.2) is 0 Å². The van der Waals surface area contributed by atoms with Crippen molar-refractivity contribution < 1.29 is 9.50 Å². The molecule has 3 N–H and O–H groups in total. The molecule has 4 heteroatoms. The molecule has 0 unspecified atom stereocenters. The zero-order chi connectivity index (χ0) is 12.4. The number of hydrogen-bond acceptors (Lipinski definition) is 3. The van der Waals surface area contributed by atoms with Crippen molar-refractivity contribution in [1.29, 1.82) is 0 Å². The van der Waals surface area contributed by atoms with Gasteiger partial charge in [-0.15, -0.1) is 0 Å². The van der Waals surface area contributed by atoms with E-state index in [4.69, 9.17) is 10.8 Å². The lowest BCUT2D eigenvalue weighted by Crippen LogP contribution is -2.35. The number of aliphatic hydroxyl groups excluding tert-OH is 1. The minimum Gasteiger partial charge on any atom is -0.397 e. The van der Waals surface area contributed by atoms with Crippen LogP contribution < -0.4 is 10.6 Å². The molecule has 0 saturated carbocycles. The molecule has 0 atom stereocenters. The van der Waals surface area contributed by atoms with E-state index >= 15 is 0 Å². The molecule has 1 aromatic rings. The number of benzene rings is 1. The van der Waals surface area contributed by atoms with Gasteiger partial charge in [-0.05, 0) is 43.4 Å². The van der Waals surface area contributed by atoms with Gasteiger partial charge in [-0.2, -0.15) is 0 Å². The summed E-state index contributed by atoms with van der Waals surface area (Å²) in [6.07, 6.45) is 1.93. The topological polar surface area (TPSA) is 49.5 Å². The Morgan fingerprint density at radius 1 is 1.41 bits per heavy atom. The monoisotopic (exact) mass is 238 g/mol. The summed E-state index contributed by atoms with van der Waals surface area (Å²) in [6, 6.07) is 3.20. The Morgan fingerprint density at radius 3 is 2.65 bits per heavy atom. The molecule has 0 spiro atoms. The van der Waals surface area contributed by atoms with Crippen molar-refractivity contribution in [1.82, 2.24) is 0 Å². The summed E-state index contributed by atoms with van der Waals surface area (Å²) in [5.74, 6) is 0.144. The third-order valence-electron chi connectivity index (χ3n) is 3.52. The van der Waals surface area contributed by atoms with Crippen molar-refractivity contribution in [2.75, 3.05) is 30.3 Å². The summed E-state index contributed by atoms with van der Waals surface area (Å²) in [5, 5.41) is 9.09. The Hall–Kier alpha value is -1.29. The summed E-state index contributed by atoms with van der Waals surface area (Å²) in [4.78, 5) is 2.17. The molecular formula is C13H19FN2O. The third kappa shape index (κ3) is 2.52. The summed E-state index contributed by atoms with van der Waals surface area (Å²) >= 11 is 0. The smallest absolute Gasteiger partial charge is 0.128 e. The fourth-order valence-corrected chi connectivity index (χ4v) is 2.31. The number of nitrogens with two attached hydrogens (primary N) is 1. The molecule has 2 rings (SSSR count). The minimum absolute atomic E-state index is 0.253. The van der Waals surface area contributed by atoms with Crippen molar-refractivity contribution in [3.63, 3.8) is 0 Å². The van der Waals surface area contributed by atoms with Gasteiger partial charge < -0.3 is 15.7 Å². The number of hydrogen-bond donors (Lipinski definition) is 2. The normalized spacial score (nSPS) is 17.5. The maximum absolute atomic E-state index is 13.3. The molecule has 1 heterocycles. The van der Waals surface area contributed by atoms with Crippen LogP contribution in [0.2, 0.25) is 0 Å². The number of nitrogen functional groups attached to an aromatic ring is 1. The van der Waals surface area contributed by atoms with E-state index in [0.717, 1.165) is 31.6 Å². The highest BCUT2D eigenvalue weighted by molar-refractivity contribution is 5.68. The van der Waals surface area contributed by atoms with Gasteiger partial charge in [-0.25, -0.2) is 4.39 Å². The minimum atomic E-state index is -0.253. The number of nitrogens with zero attached hydrogens (tertiary/aromatic N) is 1. The van der Waals surface area contributed by atoms with E-state index in [-0.39, 0.29) is 12.4 Å². The van der Waals surface area contributed by atoms with Gasteiger partial charge in [0.2, 0.25) is 0 Å². The predicted molar refractivity (Wildman–Crippen MR) is 67.6 cm³/mol. The number of aliphatic hydroxyl groups is 1. The van der Waals surface area contributed by atoms with Crippen LogP contribution in [0.15, 0.2) is 12.1 Å². The summed E-state index contributed by atoms with van der Waals surface area (Å²) in [7, 11) is 0. The van der Waals surface area contributed by atoms with Gasteiger partial charge in [0.05, 0.1) is 11.4 Å². The van der Waals surface area contributed by atoms with Crippen molar-refractivity contribution >= 4 is 11.4 Å².